The molecule has 104 valence electrons. The molecule has 1 aromatic carbocycles. The molecule has 2 aliphatic rings. The Morgan fingerprint density at radius 1 is 1.26 bits per heavy atom. The lowest BCUT2D eigenvalue weighted by atomic mass is 9.59. The van der Waals surface area contributed by atoms with Crippen LogP contribution in [0.2, 0.25) is 0 Å². The minimum absolute atomic E-state index is 0.158. The molecule has 0 aromatic heterocycles. The van der Waals surface area contributed by atoms with Gasteiger partial charge in [-0.05, 0) is 43.2 Å². The molecule has 1 aliphatic carbocycles. The zero-order valence-electron chi connectivity index (χ0n) is 11.0. The van der Waals surface area contributed by atoms with Crippen LogP contribution in [0, 0.1) is 18.3 Å². The summed E-state index contributed by atoms with van der Waals surface area (Å²) < 4.78 is 26.3. The Labute approximate surface area is 114 Å². The lowest BCUT2D eigenvalue weighted by Crippen LogP contribution is -2.63. The second-order valence-corrected chi connectivity index (χ2v) is 7.98. The fourth-order valence-electron chi connectivity index (χ4n) is 3.28. The Balaban J connectivity index is 1.69. The first kappa shape index (κ1) is 13.1. The number of nitrogens with zero attached hydrogens (tertiary/aromatic N) is 1. The van der Waals surface area contributed by atoms with Crippen LogP contribution in [0.5, 0.6) is 0 Å². The molecule has 4 nitrogen and oxygen atoms in total. The van der Waals surface area contributed by atoms with Crippen LogP contribution < -0.4 is 0 Å². The minimum atomic E-state index is -3.32. The molecule has 2 fully saturated rings. The van der Waals surface area contributed by atoms with Crippen molar-refractivity contribution in [2.45, 2.75) is 24.7 Å². The third-order valence-corrected chi connectivity index (χ3v) is 6.19. The molecule has 0 unspecified atom stereocenters. The number of hydrogen-bond donors (Lipinski definition) is 1. The van der Waals surface area contributed by atoms with Gasteiger partial charge in [-0.15, -0.1) is 0 Å². The van der Waals surface area contributed by atoms with Crippen molar-refractivity contribution in [1.29, 1.82) is 0 Å². The largest absolute Gasteiger partial charge is 0.396 e. The minimum Gasteiger partial charge on any atom is -0.396 e. The highest BCUT2D eigenvalue weighted by atomic mass is 32.2. The highest BCUT2D eigenvalue weighted by molar-refractivity contribution is 7.89. The van der Waals surface area contributed by atoms with E-state index in [2.05, 4.69) is 0 Å². The zero-order chi connectivity index (χ0) is 13.7. The van der Waals surface area contributed by atoms with E-state index < -0.39 is 10.0 Å². The summed E-state index contributed by atoms with van der Waals surface area (Å²) in [5.41, 5.74) is 1.22. The van der Waals surface area contributed by atoms with Crippen LogP contribution in [-0.4, -0.2) is 37.5 Å². The molecule has 0 bridgehead atoms. The maximum atomic E-state index is 12.4. The zero-order valence-corrected chi connectivity index (χ0v) is 11.9. The predicted molar refractivity (Wildman–Crippen MR) is 72.2 cm³/mol. The van der Waals surface area contributed by atoms with Gasteiger partial charge in [0.15, 0.2) is 0 Å². The van der Waals surface area contributed by atoms with Gasteiger partial charge in [0.2, 0.25) is 10.0 Å². The normalized spacial score (nSPS) is 23.1. The van der Waals surface area contributed by atoms with Crippen molar-refractivity contribution < 1.29 is 13.5 Å². The van der Waals surface area contributed by atoms with Gasteiger partial charge in [0, 0.05) is 19.7 Å². The first-order valence-electron chi connectivity index (χ1n) is 6.63. The molecule has 1 aliphatic heterocycles. The summed E-state index contributed by atoms with van der Waals surface area (Å²) >= 11 is 0. The molecule has 1 N–H and O–H groups in total. The summed E-state index contributed by atoms with van der Waals surface area (Å²) in [7, 11) is -3.32. The fraction of sp³-hybridized carbons (Fsp3) is 0.571. The smallest absolute Gasteiger partial charge is 0.243 e. The van der Waals surface area contributed by atoms with Crippen molar-refractivity contribution in [2.75, 3.05) is 19.7 Å². The van der Waals surface area contributed by atoms with E-state index in [0.717, 1.165) is 18.4 Å². The van der Waals surface area contributed by atoms with E-state index >= 15 is 0 Å². The molecule has 3 rings (SSSR count). The van der Waals surface area contributed by atoms with Crippen LogP contribution in [0.3, 0.4) is 0 Å². The maximum Gasteiger partial charge on any atom is 0.243 e. The summed E-state index contributed by atoms with van der Waals surface area (Å²) in [6, 6.07) is 7.00. The quantitative estimate of drug-likeness (QED) is 0.911. The van der Waals surface area contributed by atoms with Crippen molar-refractivity contribution in [3.8, 4) is 0 Å². The summed E-state index contributed by atoms with van der Waals surface area (Å²) in [4.78, 5) is 0.381. The van der Waals surface area contributed by atoms with Gasteiger partial charge in [-0.25, -0.2) is 8.42 Å². The molecule has 0 atom stereocenters. The monoisotopic (exact) mass is 281 g/mol. The second kappa shape index (κ2) is 4.30. The molecular weight excluding hydrogens is 262 g/mol. The Morgan fingerprint density at radius 3 is 2.37 bits per heavy atom. The van der Waals surface area contributed by atoms with Crippen LogP contribution in [0.1, 0.15) is 18.4 Å². The highest BCUT2D eigenvalue weighted by Crippen LogP contribution is 2.52. The number of aryl methyl sites for hydroxylation is 1. The van der Waals surface area contributed by atoms with Crippen LogP contribution >= 0.6 is 0 Å². The Bertz CT molecular complexity index is 565. The van der Waals surface area contributed by atoms with E-state index in [-0.39, 0.29) is 12.0 Å². The standard InChI is InChI=1S/C14H19NO3S/c1-11-2-4-13(5-3-11)19(17,18)15-9-14(10-15)6-12(7-14)8-16/h2-5,12,16H,6-10H2,1H3. The van der Waals surface area contributed by atoms with Crippen LogP contribution in [0.4, 0.5) is 0 Å². The molecule has 0 amide bonds. The molecule has 0 radical (unpaired) electrons. The molecule has 1 saturated carbocycles. The van der Waals surface area contributed by atoms with Gasteiger partial charge in [0.05, 0.1) is 4.90 Å². The number of rotatable bonds is 3. The molecule has 1 aromatic rings. The van der Waals surface area contributed by atoms with E-state index in [9.17, 15) is 8.42 Å². The summed E-state index contributed by atoms with van der Waals surface area (Å²) in [6.07, 6.45) is 1.92. The Morgan fingerprint density at radius 2 is 1.84 bits per heavy atom. The van der Waals surface area contributed by atoms with E-state index in [1.165, 1.54) is 0 Å². The van der Waals surface area contributed by atoms with Crippen LogP contribution in [0.25, 0.3) is 0 Å². The van der Waals surface area contributed by atoms with Gasteiger partial charge in [-0.1, -0.05) is 17.7 Å². The molecule has 1 saturated heterocycles. The van der Waals surface area contributed by atoms with E-state index in [4.69, 9.17) is 5.11 Å². The molecule has 5 heteroatoms. The third kappa shape index (κ3) is 2.10. The number of benzene rings is 1. The molecule has 1 heterocycles. The highest BCUT2D eigenvalue weighted by Gasteiger charge is 2.55. The van der Waals surface area contributed by atoms with Crippen molar-refractivity contribution in [2.24, 2.45) is 11.3 Å². The van der Waals surface area contributed by atoms with Crippen LogP contribution in [0.15, 0.2) is 29.2 Å². The van der Waals surface area contributed by atoms with E-state index in [1.54, 1.807) is 16.4 Å². The second-order valence-electron chi connectivity index (χ2n) is 6.04. The number of aliphatic hydroxyl groups is 1. The Kier molecular flexibility index (Phi) is 2.96. The first-order valence-corrected chi connectivity index (χ1v) is 8.07. The van der Waals surface area contributed by atoms with Crippen molar-refractivity contribution in [3.63, 3.8) is 0 Å². The van der Waals surface area contributed by atoms with Crippen molar-refractivity contribution in [3.05, 3.63) is 29.8 Å². The topological polar surface area (TPSA) is 57.6 Å². The lowest BCUT2D eigenvalue weighted by molar-refractivity contribution is -0.0688. The van der Waals surface area contributed by atoms with Crippen LogP contribution in [-0.2, 0) is 10.0 Å². The molecule has 19 heavy (non-hydrogen) atoms. The predicted octanol–water partition coefficient (Wildman–Crippen LogP) is 1.39. The van der Waals surface area contributed by atoms with Gasteiger partial charge in [-0.2, -0.15) is 4.31 Å². The third-order valence-electron chi connectivity index (χ3n) is 4.38. The van der Waals surface area contributed by atoms with Gasteiger partial charge >= 0.3 is 0 Å². The maximum absolute atomic E-state index is 12.4. The summed E-state index contributed by atoms with van der Waals surface area (Å²) in [6.45, 7) is 3.39. The van der Waals surface area contributed by atoms with E-state index in [0.29, 0.717) is 23.9 Å². The van der Waals surface area contributed by atoms with E-state index in [1.807, 2.05) is 19.1 Å². The van der Waals surface area contributed by atoms with Gasteiger partial charge in [-0.3, -0.25) is 0 Å². The number of sulfonamides is 1. The number of hydrogen-bond acceptors (Lipinski definition) is 3. The van der Waals surface area contributed by atoms with Gasteiger partial charge in [0.25, 0.3) is 0 Å². The fourth-order valence-corrected chi connectivity index (χ4v) is 4.95. The average molecular weight is 281 g/mol. The van der Waals surface area contributed by atoms with Gasteiger partial charge in [0.1, 0.15) is 0 Å². The molecule has 1 spiro atoms. The van der Waals surface area contributed by atoms with Crippen molar-refractivity contribution >= 4 is 10.0 Å². The summed E-state index contributed by atoms with van der Waals surface area (Å²) in [5, 5.41) is 9.04. The van der Waals surface area contributed by atoms with Gasteiger partial charge < -0.3 is 5.11 Å². The number of aliphatic hydroxyl groups excluding tert-OH is 1. The Hall–Kier alpha value is -0.910. The van der Waals surface area contributed by atoms with Crippen molar-refractivity contribution in [1.82, 2.24) is 4.31 Å². The lowest BCUT2D eigenvalue weighted by Gasteiger charge is -2.58. The molecular formula is C14H19NO3S. The SMILES string of the molecule is Cc1ccc(S(=O)(=O)N2CC3(CC(CO)C3)C2)cc1. The summed E-state index contributed by atoms with van der Waals surface area (Å²) in [5.74, 6) is 0.379. The first-order chi connectivity index (χ1) is 8.95. The average Bonchev–Trinajstić information content (AvgIpc) is 2.26.